The number of aromatic nitrogens is 2. The summed E-state index contributed by atoms with van der Waals surface area (Å²) < 4.78 is 35.0. The minimum absolute atomic E-state index is 0.225. The summed E-state index contributed by atoms with van der Waals surface area (Å²) in [5.74, 6) is 0. The van der Waals surface area contributed by atoms with E-state index in [9.17, 15) is 8.42 Å². The lowest BCUT2D eigenvalue weighted by Gasteiger charge is -2.16. The summed E-state index contributed by atoms with van der Waals surface area (Å²) in [4.78, 5) is 0.260. The smallest absolute Gasteiger partial charge is 0.245 e. The topological polar surface area (TPSA) is 75.2 Å². The number of benzene rings is 1. The van der Waals surface area contributed by atoms with Crippen LogP contribution in [-0.2, 0) is 10.0 Å². The first-order chi connectivity index (χ1) is 9.13. The van der Waals surface area contributed by atoms with Crippen LogP contribution >= 0.6 is 11.7 Å². The van der Waals surface area contributed by atoms with E-state index in [1.54, 1.807) is 18.2 Å². The van der Waals surface area contributed by atoms with E-state index >= 15 is 0 Å². The van der Waals surface area contributed by atoms with Crippen LogP contribution in [0.15, 0.2) is 23.1 Å². The van der Waals surface area contributed by atoms with Gasteiger partial charge >= 0.3 is 0 Å². The van der Waals surface area contributed by atoms with Gasteiger partial charge in [-0.3, -0.25) is 0 Å². The van der Waals surface area contributed by atoms with Crippen molar-refractivity contribution in [3.8, 4) is 0 Å². The Balaban J connectivity index is 2.03. The molecule has 1 aromatic heterocycles. The van der Waals surface area contributed by atoms with Gasteiger partial charge in [-0.05, 0) is 25.6 Å². The van der Waals surface area contributed by atoms with Crippen LogP contribution in [-0.4, -0.2) is 47.6 Å². The lowest BCUT2D eigenvalue weighted by Crippen LogP contribution is -2.33. The molecule has 2 aromatic rings. The second-order valence-corrected chi connectivity index (χ2v) is 6.96. The van der Waals surface area contributed by atoms with E-state index in [0.717, 1.165) is 18.1 Å². The Labute approximate surface area is 115 Å². The van der Waals surface area contributed by atoms with Crippen molar-refractivity contribution in [3.05, 3.63) is 18.2 Å². The molecule has 1 unspecified atom stereocenters. The molecule has 0 spiro atoms. The summed E-state index contributed by atoms with van der Waals surface area (Å²) in [7, 11) is -1.63. The number of rotatable bonds is 3. The molecule has 3 rings (SSSR count). The van der Waals surface area contributed by atoms with Gasteiger partial charge in [-0.15, -0.1) is 0 Å². The van der Waals surface area contributed by atoms with Crippen LogP contribution in [0.3, 0.4) is 0 Å². The normalized spacial score (nSPS) is 21.2. The zero-order valence-electron chi connectivity index (χ0n) is 10.4. The Morgan fingerprint density at radius 1 is 1.42 bits per heavy atom. The fourth-order valence-electron chi connectivity index (χ4n) is 2.31. The molecule has 1 aliphatic rings. The number of hydrogen-bond donors (Lipinski definition) is 1. The van der Waals surface area contributed by atoms with Gasteiger partial charge in [0.25, 0.3) is 0 Å². The van der Waals surface area contributed by atoms with E-state index in [-0.39, 0.29) is 10.9 Å². The van der Waals surface area contributed by atoms with Gasteiger partial charge < -0.3 is 5.32 Å². The summed E-state index contributed by atoms with van der Waals surface area (Å²) in [5.41, 5.74) is 1.11. The molecule has 0 saturated carbocycles. The lowest BCUT2D eigenvalue weighted by atomic mass is 10.3. The van der Waals surface area contributed by atoms with Crippen LogP contribution < -0.4 is 5.32 Å². The third kappa shape index (κ3) is 2.14. The van der Waals surface area contributed by atoms with E-state index in [1.807, 2.05) is 7.05 Å². The highest BCUT2D eigenvalue weighted by Gasteiger charge is 2.33. The first kappa shape index (κ1) is 12.9. The van der Waals surface area contributed by atoms with Gasteiger partial charge in [0, 0.05) is 19.1 Å². The fourth-order valence-corrected chi connectivity index (χ4v) is 4.56. The van der Waals surface area contributed by atoms with Crippen LogP contribution in [0, 0.1) is 0 Å². The summed E-state index contributed by atoms with van der Waals surface area (Å²) in [6.07, 6.45) is 0.834. The number of nitrogens with one attached hydrogen (secondary N) is 1. The first-order valence-corrected chi connectivity index (χ1v) is 8.18. The van der Waals surface area contributed by atoms with Gasteiger partial charge in [-0.1, -0.05) is 6.07 Å². The van der Waals surface area contributed by atoms with Crippen LogP contribution in [0.1, 0.15) is 6.42 Å². The van der Waals surface area contributed by atoms with E-state index in [0.29, 0.717) is 24.1 Å². The monoisotopic (exact) mass is 298 g/mol. The van der Waals surface area contributed by atoms with Crippen molar-refractivity contribution in [3.63, 3.8) is 0 Å². The second-order valence-electron chi connectivity index (χ2n) is 4.53. The number of sulfonamides is 1. The molecule has 6 nitrogen and oxygen atoms in total. The van der Waals surface area contributed by atoms with Crippen molar-refractivity contribution in [1.29, 1.82) is 0 Å². The van der Waals surface area contributed by atoms with Crippen molar-refractivity contribution in [1.82, 2.24) is 18.4 Å². The van der Waals surface area contributed by atoms with Gasteiger partial charge in [0.15, 0.2) is 0 Å². The number of hydrogen-bond acceptors (Lipinski definition) is 6. The van der Waals surface area contributed by atoms with E-state index in [4.69, 9.17) is 0 Å². The molecule has 1 aliphatic heterocycles. The van der Waals surface area contributed by atoms with Crippen molar-refractivity contribution < 1.29 is 8.42 Å². The molecule has 0 aliphatic carbocycles. The zero-order chi connectivity index (χ0) is 13.5. The molecule has 2 heterocycles. The fraction of sp³-hybridized carbons (Fsp3) is 0.455. The minimum atomic E-state index is -3.48. The van der Waals surface area contributed by atoms with Crippen LogP contribution in [0.25, 0.3) is 11.0 Å². The molecule has 1 aromatic carbocycles. The van der Waals surface area contributed by atoms with Gasteiger partial charge in [-0.2, -0.15) is 13.1 Å². The molecule has 1 saturated heterocycles. The average Bonchev–Trinajstić information content (AvgIpc) is 3.06. The largest absolute Gasteiger partial charge is 0.316 e. The molecule has 102 valence electrons. The van der Waals surface area contributed by atoms with Crippen molar-refractivity contribution in [2.24, 2.45) is 0 Å². The molecule has 0 radical (unpaired) electrons. The molecular weight excluding hydrogens is 284 g/mol. The van der Waals surface area contributed by atoms with E-state index < -0.39 is 10.0 Å². The van der Waals surface area contributed by atoms with E-state index in [1.165, 1.54) is 4.31 Å². The molecule has 1 N–H and O–H groups in total. The average molecular weight is 298 g/mol. The van der Waals surface area contributed by atoms with Gasteiger partial charge in [0.05, 0.1) is 11.7 Å². The summed E-state index contributed by atoms with van der Waals surface area (Å²) in [6, 6.07) is 5.31. The number of likely N-dealkylation sites (N-methyl/N-ethyl adjacent to an activating group) is 1. The Kier molecular flexibility index (Phi) is 3.25. The number of fused-ring (bicyclic) bond motifs is 1. The highest BCUT2D eigenvalue weighted by molar-refractivity contribution is 7.89. The lowest BCUT2D eigenvalue weighted by molar-refractivity contribution is 0.465. The summed E-state index contributed by atoms with van der Waals surface area (Å²) >= 11 is 1.04. The molecule has 19 heavy (non-hydrogen) atoms. The highest BCUT2D eigenvalue weighted by atomic mass is 32.2. The molecule has 0 bridgehead atoms. The van der Waals surface area contributed by atoms with Crippen LogP contribution in [0.2, 0.25) is 0 Å². The maximum Gasteiger partial charge on any atom is 0.245 e. The van der Waals surface area contributed by atoms with Gasteiger partial charge in [0.2, 0.25) is 10.0 Å². The molecule has 1 fully saturated rings. The summed E-state index contributed by atoms with van der Waals surface area (Å²) in [5, 5.41) is 3.12. The molecular formula is C11H14N4O2S2. The molecule has 0 amide bonds. The first-order valence-electron chi connectivity index (χ1n) is 6.01. The van der Waals surface area contributed by atoms with Gasteiger partial charge in [0.1, 0.15) is 15.9 Å². The third-order valence-electron chi connectivity index (χ3n) is 3.43. The Morgan fingerprint density at radius 3 is 3.00 bits per heavy atom. The standard InChI is InChI=1S/C11H14N4O2S2/c1-12-8-5-6-15(7-8)19(16,17)10-4-2-3-9-11(10)14-18-13-9/h2-4,8,12H,5-7H2,1H3. The molecule has 8 heteroatoms. The predicted molar refractivity (Wildman–Crippen MR) is 73.6 cm³/mol. The Hall–Kier alpha value is -1.09. The zero-order valence-corrected chi connectivity index (χ0v) is 12.0. The Bertz CT molecular complexity index is 698. The third-order valence-corrected chi connectivity index (χ3v) is 5.87. The SMILES string of the molecule is CNC1CCN(S(=O)(=O)c2cccc3nsnc23)C1. The highest BCUT2D eigenvalue weighted by Crippen LogP contribution is 2.26. The maximum absolute atomic E-state index is 12.6. The van der Waals surface area contributed by atoms with Crippen molar-refractivity contribution in [2.45, 2.75) is 17.4 Å². The molecule has 1 atom stereocenters. The van der Waals surface area contributed by atoms with Gasteiger partial charge in [-0.25, -0.2) is 8.42 Å². The quantitative estimate of drug-likeness (QED) is 0.901. The second kappa shape index (κ2) is 4.78. The number of nitrogens with zero attached hydrogens (tertiary/aromatic N) is 3. The maximum atomic E-state index is 12.6. The van der Waals surface area contributed by atoms with Crippen LogP contribution in [0.4, 0.5) is 0 Å². The minimum Gasteiger partial charge on any atom is -0.316 e. The predicted octanol–water partition coefficient (Wildman–Crippen LogP) is 0.674. The van der Waals surface area contributed by atoms with Crippen LogP contribution in [0.5, 0.6) is 0 Å². The Morgan fingerprint density at radius 2 is 2.26 bits per heavy atom. The van der Waals surface area contributed by atoms with Crippen molar-refractivity contribution in [2.75, 3.05) is 20.1 Å². The summed E-state index contributed by atoms with van der Waals surface area (Å²) in [6.45, 7) is 1.05. The van der Waals surface area contributed by atoms with Crippen molar-refractivity contribution >= 4 is 32.8 Å². The van der Waals surface area contributed by atoms with E-state index in [2.05, 4.69) is 14.1 Å².